The molecule has 0 rings (SSSR count). The SMILES string of the molecule is CCCCCCC(N)(CO)CCCCC.CCCCCCCCCCCC(N)(CO)CCCC. The van der Waals surface area contributed by atoms with Crippen LogP contribution in [0.4, 0.5) is 0 Å². The van der Waals surface area contributed by atoms with Crippen LogP contribution in [0.3, 0.4) is 0 Å². The van der Waals surface area contributed by atoms with Gasteiger partial charge in [-0.25, -0.2) is 0 Å². The van der Waals surface area contributed by atoms with Crippen LogP contribution < -0.4 is 11.5 Å². The molecule has 0 bridgehead atoms. The van der Waals surface area contributed by atoms with Crippen LogP contribution in [0.1, 0.15) is 169 Å². The molecule has 4 nitrogen and oxygen atoms in total. The van der Waals surface area contributed by atoms with Crippen molar-refractivity contribution in [2.45, 2.75) is 180 Å². The zero-order valence-corrected chi connectivity index (χ0v) is 24.0. The monoisotopic (exact) mass is 487 g/mol. The molecule has 0 aromatic carbocycles. The van der Waals surface area contributed by atoms with E-state index in [-0.39, 0.29) is 24.3 Å². The molecule has 0 saturated carbocycles. The standard InChI is InChI=1S/C17H37NO.C13H29NO/c1-3-5-7-8-9-10-11-12-13-15-17(18,16-19)14-6-4-2;1-3-5-7-9-11-13(14,12-15)10-8-6-4-2/h19H,3-16,18H2,1-2H3;15H,3-12,14H2,1-2H3. The third-order valence-corrected chi connectivity index (χ3v) is 7.24. The molecule has 0 aliphatic heterocycles. The van der Waals surface area contributed by atoms with Gasteiger partial charge in [-0.1, -0.05) is 143 Å². The second kappa shape index (κ2) is 25.9. The second-order valence-corrected chi connectivity index (χ2v) is 11.0. The molecule has 0 fully saturated rings. The normalized spacial score (nSPS) is 14.8. The van der Waals surface area contributed by atoms with E-state index in [9.17, 15) is 10.2 Å². The minimum absolute atomic E-state index is 0.142. The largest absolute Gasteiger partial charge is 0.394 e. The summed E-state index contributed by atoms with van der Waals surface area (Å²) in [5.74, 6) is 0. The average molecular weight is 487 g/mol. The minimum Gasteiger partial charge on any atom is -0.394 e. The third kappa shape index (κ3) is 23.6. The van der Waals surface area contributed by atoms with E-state index < -0.39 is 0 Å². The number of nitrogens with two attached hydrogens (primary N) is 2. The summed E-state index contributed by atoms with van der Waals surface area (Å²) in [5.41, 5.74) is 11.8. The third-order valence-electron chi connectivity index (χ3n) is 7.24. The zero-order chi connectivity index (χ0) is 26.0. The van der Waals surface area contributed by atoms with Crippen molar-refractivity contribution in [1.82, 2.24) is 0 Å². The van der Waals surface area contributed by atoms with Crippen LogP contribution in [-0.2, 0) is 0 Å². The Morgan fingerprint density at radius 3 is 0.971 bits per heavy atom. The highest BCUT2D eigenvalue weighted by Crippen LogP contribution is 2.21. The molecule has 0 aliphatic carbocycles. The van der Waals surface area contributed by atoms with Gasteiger partial charge in [0.25, 0.3) is 0 Å². The van der Waals surface area contributed by atoms with Crippen molar-refractivity contribution in [3.8, 4) is 0 Å². The lowest BCUT2D eigenvalue weighted by molar-refractivity contribution is 0.171. The Morgan fingerprint density at radius 2 is 0.618 bits per heavy atom. The molecule has 0 amide bonds. The summed E-state index contributed by atoms with van der Waals surface area (Å²) >= 11 is 0. The lowest BCUT2D eigenvalue weighted by atomic mass is 9.88. The first-order chi connectivity index (χ1) is 16.4. The van der Waals surface area contributed by atoms with Gasteiger partial charge in [-0.2, -0.15) is 0 Å². The predicted molar refractivity (Wildman–Crippen MR) is 152 cm³/mol. The van der Waals surface area contributed by atoms with Crippen LogP contribution in [0.15, 0.2) is 0 Å². The summed E-state index contributed by atoms with van der Waals surface area (Å²) in [5, 5.41) is 18.7. The lowest BCUT2D eigenvalue weighted by Gasteiger charge is -2.27. The van der Waals surface area contributed by atoms with Crippen LogP contribution in [-0.4, -0.2) is 34.5 Å². The number of rotatable bonds is 24. The Kier molecular flexibility index (Phi) is 27.4. The summed E-state index contributed by atoms with van der Waals surface area (Å²) in [6, 6.07) is 0. The Morgan fingerprint density at radius 1 is 0.382 bits per heavy atom. The summed E-state index contributed by atoms with van der Waals surface area (Å²) in [6.45, 7) is 9.13. The van der Waals surface area contributed by atoms with Gasteiger partial charge < -0.3 is 21.7 Å². The Hall–Kier alpha value is -0.160. The van der Waals surface area contributed by atoms with Gasteiger partial charge in [-0.15, -0.1) is 0 Å². The summed E-state index contributed by atoms with van der Waals surface area (Å²) in [6.07, 6.45) is 26.9. The minimum atomic E-state index is -0.308. The summed E-state index contributed by atoms with van der Waals surface area (Å²) in [7, 11) is 0. The van der Waals surface area contributed by atoms with Crippen LogP contribution in [0, 0.1) is 0 Å². The summed E-state index contributed by atoms with van der Waals surface area (Å²) in [4.78, 5) is 0. The highest BCUT2D eigenvalue weighted by Gasteiger charge is 2.23. The molecule has 4 heteroatoms. The van der Waals surface area contributed by atoms with E-state index in [4.69, 9.17) is 11.5 Å². The van der Waals surface area contributed by atoms with Gasteiger partial charge in [0.15, 0.2) is 0 Å². The fourth-order valence-electron chi connectivity index (χ4n) is 4.51. The number of unbranched alkanes of at least 4 members (excludes halogenated alkanes) is 14. The zero-order valence-electron chi connectivity index (χ0n) is 24.0. The summed E-state index contributed by atoms with van der Waals surface area (Å²) < 4.78 is 0. The molecule has 2 atom stereocenters. The molecule has 0 aromatic heterocycles. The van der Waals surface area contributed by atoms with Crippen molar-refractivity contribution in [2.24, 2.45) is 11.5 Å². The van der Waals surface area contributed by atoms with E-state index in [2.05, 4.69) is 27.7 Å². The number of aliphatic hydroxyl groups excluding tert-OH is 2. The van der Waals surface area contributed by atoms with Crippen LogP contribution in [0.5, 0.6) is 0 Å². The second-order valence-electron chi connectivity index (χ2n) is 11.0. The molecule has 0 heterocycles. The highest BCUT2D eigenvalue weighted by molar-refractivity contribution is 4.83. The van der Waals surface area contributed by atoms with Crippen molar-refractivity contribution in [3.05, 3.63) is 0 Å². The molecule has 0 spiro atoms. The molecule has 0 aliphatic rings. The smallest absolute Gasteiger partial charge is 0.0611 e. The average Bonchev–Trinajstić information content (AvgIpc) is 2.85. The fourth-order valence-corrected chi connectivity index (χ4v) is 4.51. The first kappa shape index (κ1) is 36.0. The van der Waals surface area contributed by atoms with Crippen molar-refractivity contribution >= 4 is 0 Å². The van der Waals surface area contributed by atoms with E-state index in [0.717, 1.165) is 51.4 Å². The lowest BCUT2D eigenvalue weighted by Crippen LogP contribution is -2.43. The van der Waals surface area contributed by atoms with Crippen molar-refractivity contribution in [3.63, 3.8) is 0 Å². The quantitative estimate of drug-likeness (QED) is 0.104. The Labute approximate surface area is 215 Å². The van der Waals surface area contributed by atoms with Gasteiger partial charge >= 0.3 is 0 Å². The van der Waals surface area contributed by atoms with Crippen LogP contribution in [0.25, 0.3) is 0 Å². The van der Waals surface area contributed by atoms with Crippen LogP contribution >= 0.6 is 0 Å². The van der Waals surface area contributed by atoms with Crippen molar-refractivity contribution < 1.29 is 10.2 Å². The van der Waals surface area contributed by atoms with E-state index in [1.165, 1.54) is 89.9 Å². The van der Waals surface area contributed by atoms with E-state index in [0.29, 0.717) is 0 Å². The van der Waals surface area contributed by atoms with E-state index in [1.54, 1.807) is 0 Å². The van der Waals surface area contributed by atoms with E-state index >= 15 is 0 Å². The van der Waals surface area contributed by atoms with E-state index in [1.807, 2.05) is 0 Å². The maximum absolute atomic E-state index is 9.41. The van der Waals surface area contributed by atoms with Gasteiger partial charge in [0, 0.05) is 11.1 Å². The maximum atomic E-state index is 9.41. The number of hydrogen-bond donors (Lipinski definition) is 4. The topological polar surface area (TPSA) is 92.5 Å². The van der Waals surface area contributed by atoms with Gasteiger partial charge in [0.05, 0.1) is 13.2 Å². The van der Waals surface area contributed by atoms with Crippen molar-refractivity contribution in [2.75, 3.05) is 13.2 Å². The van der Waals surface area contributed by atoms with Gasteiger partial charge in [-0.3, -0.25) is 0 Å². The van der Waals surface area contributed by atoms with Gasteiger partial charge in [-0.05, 0) is 25.7 Å². The van der Waals surface area contributed by atoms with Gasteiger partial charge in [0.1, 0.15) is 0 Å². The highest BCUT2D eigenvalue weighted by atomic mass is 16.3. The number of aliphatic hydroxyl groups is 2. The molecular formula is C30H66N2O2. The first-order valence-electron chi connectivity index (χ1n) is 15.2. The molecule has 6 N–H and O–H groups in total. The molecule has 208 valence electrons. The van der Waals surface area contributed by atoms with Gasteiger partial charge in [0.2, 0.25) is 0 Å². The molecular weight excluding hydrogens is 420 g/mol. The Bertz CT molecular complexity index is 394. The molecule has 34 heavy (non-hydrogen) atoms. The molecule has 2 unspecified atom stereocenters. The van der Waals surface area contributed by atoms with Crippen LogP contribution in [0.2, 0.25) is 0 Å². The molecule has 0 radical (unpaired) electrons. The molecule has 0 saturated heterocycles. The first-order valence-corrected chi connectivity index (χ1v) is 15.2. The van der Waals surface area contributed by atoms with Crippen molar-refractivity contribution in [1.29, 1.82) is 0 Å². The molecule has 0 aromatic rings. The maximum Gasteiger partial charge on any atom is 0.0611 e. The Balaban J connectivity index is 0. The number of hydrogen-bond acceptors (Lipinski definition) is 4. The fraction of sp³-hybridized carbons (Fsp3) is 1.00. The predicted octanol–water partition coefficient (Wildman–Crippen LogP) is 8.01.